The van der Waals surface area contributed by atoms with E-state index in [1.165, 1.54) is 0 Å². The lowest BCUT2D eigenvalue weighted by Gasteiger charge is -2.09. The summed E-state index contributed by atoms with van der Waals surface area (Å²) in [7, 11) is 0. The highest BCUT2D eigenvalue weighted by molar-refractivity contribution is 6.42. The Hall–Kier alpha value is -1.52. The van der Waals surface area contributed by atoms with Crippen LogP contribution in [-0.2, 0) is 17.8 Å². The van der Waals surface area contributed by atoms with Crippen LogP contribution in [0.5, 0.6) is 0 Å². The van der Waals surface area contributed by atoms with Gasteiger partial charge < -0.3 is 5.32 Å². The van der Waals surface area contributed by atoms with Gasteiger partial charge in [-0.2, -0.15) is 5.10 Å². The highest BCUT2D eigenvalue weighted by Crippen LogP contribution is 2.25. The maximum absolute atomic E-state index is 12.3. The predicted molar refractivity (Wildman–Crippen MR) is 95.3 cm³/mol. The van der Waals surface area contributed by atoms with Gasteiger partial charge in [0, 0.05) is 23.5 Å². The molecule has 0 unspecified atom stereocenters. The van der Waals surface area contributed by atoms with Crippen molar-refractivity contribution in [2.24, 2.45) is 5.92 Å². The zero-order valence-electron chi connectivity index (χ0n) is 13.8. The zero-order valence-corrected chi connectivity index (χ0v) is 15.3. The van der Waals surface area contributed by atoms with Crippen molar-refractivity contribution in [3.63, 3.8) is 0 Å². The molecule has 1 heterocycles. The summed E-state index contributed by atoms with van der Waals surface area (Å²) < 4.78 is 1.97. The molecule has 1 aromatic heterocycles. The van der Waals surface area contributed by atoms with Crippen LogP contribution in [0.15, 0.2) is 18.2 Å². The lowest BCUT2D eigenvalue weighted by atomic mass is 10.1. The van der Waals surface area contributed by atoms with Crippen molar-refractivity contribution in [1.29, 1.82) is 0 Å². The Morgan fingerprint density at radius 3 is 2.57 bits per heavy atom. The number of nitrogens with one attached hydrogen (secondary N) is 1. The maximum atomic E-state index is 12.3. The summed E-state index contributed by atoms with van der Waals surface area (Å²) in [6, 6.07) is 5.04. The third kappa shape index (κ3) is 4.49. The zero-order chi connectivity index (χ0) is 17.1. The molecule has 0 bridgehead atoms. The molecule has 0 fully saturated rings. The first kappa shape index (κ1) is 17.8. The summed E-state index contributed by atoms with van der Waals surface area (Å²) in [5, 5.41) is 8.26. The van der Waals surface area contributed by atoms with Crippen molar-refractivity contribution in [2.45, 2.75) is 40.7 Å². The fraction of sp³-hybridized carbons (Fsp3) is 0.412. The molecule has 1 amide bonds. The summed E-state index contributed by atoms with van der Waals surface area (Å²) in [4.78, 5) is 12.3. The van der Waals surface area contributed by atoms with Crippen molar-refractivity contribution in [2.75, 3.05) is 5.32 Å². The smallest absolute Gasteiger partial charge is 0.228 e. The lowest BCUT2D eigenvalue weighted by molar-refractivity contribution is -0.115. The summed E-state index contributed by atoms with van der Waals surface area (Å²) in [6.45, 7) is 9.08. The molecule has 0 aliphatic carbocycles. The summed E-state index contributed by atoms with van der Waals surface area (Å²) in [5.41, 5.74) is 3.55. The molecular weight excluding hydrogens is 333 g/mol. The number of anilines is 1. The van der Waals surface area contributed by atoms with E-state index in [2.05, 4.69) is 24.3 Å². The first-order chi connectivity index (χ1) is 10.8. The Kier molecular flexibility index (Phi) is 5.71. The molecule has 23 heavy (non-hydrogen) atoms. The van der Waals surface area contributed by atoms with Crippen LogP contribution in [0.25, 0.3) is 0 Å². The molecule has 0 radical (unpaired) electrons. The van der Waals surface area contributed by atoms with Crippen molar-refractivity contribution in [1.82, 2.24) is 9.78 Å². The van der Waals surface area contributed by atoms with Crippen molar-refractivity contribution < 1.29 is 4.79 Å². The van der Waals surface area contributed by atoms with Gasteiger partial charge >= 0.3 is 0 Å². The topological polar surface area (TPSA) is 46.9 Å². The van der Waals surface area contributed by atoms with E-state index in [-0.39, 0.29) is 12.3 Å². The maximum Gasteiger partial charge on any atom is 0.228 e. The molecule has 6 heteroatoms. The van der Waals surface area contributed by atoms with Crippen LogP contribution in [0.2, 0.25) is 10.0 Å². The van der Waals surface area contributed by atoms with Crippen LogP contribution in [0, 0.1) is 19.8 Å². The second kappa shape index (κ2) is 7.37. The molecule has 124 valence electrons. The quantitative estimate of drug-likeness (QED) is 0.850. The second-order valence-corrected chi connectivity index (χ2v) is 6.89. The van der Waals surface area contributed by atoms with Crippen molar-refractivity contribution in [3.05, 3.63) is 45.2 Å². The van der Waals surface area contributed by atoms with Gasteiger partial charge in [-0.3, -0.25) is 9.48 Å². The molecule has 2 aromatic rings. The lowest BCUT2D eigenvalue weighted by Crippen LogP contribution is -2.15. The molecule has 0 spiro atoms. The number of carbonyl (C=O) groups excluding carboxylic acids is 1. The Morgan fingerprint density at radius 1 is 1.26 bits per heavy atom. The van der Waals surface area contributed by atoms with Gasteiger partial charge in [-0.1, -0.05) is 37.0 Å². The highest BCUT2D eigenvalue weighted by atomic mass is 35.5. The van der Waals surface area contributed by atoms with Gasteiger partial charge in [0.25, 0.3) is 0 Å². The minimum absolute atomic E-state index is 0.0984. The van der Waals surface area contributed by atoms with Gasteiger partial charge in [0.2, 0.25) is 5.91 Å². The first-order valence-corrected chi connectivity index (χ1v) is 8.31. The predicted octanol–water partition coefficient (Wildman–Crippen LogP) is 4.64. The van der Waals surface area contributed by atoms with E-state index in [1.54, 1.807) is 18.2 Å². The summed E-state index contributed by atoms with van der Waals surface area (Å²) in [6.07, 6.45) is 0.288. The third-order valence-electron chi connectivity index (χ3n) is 3.61. The minimum Gasteiger partial charge on any atom is -0.326 e. The standard InChI is InChI=1S/C17H21Cl2N3O/c1-10(2)9-22-12(4)14(11(3)21-22)8-17(23)20-13-5-6-15(18)16(19)7-13/h5-7,10H,8-9H2,1-4H3,(H,20,23). The van der Waals surface area contributed by atoms with Crippen LogP contribution >= 0.6 is 23.2 Å². The number of carbonyl (C=O) groups is 1. The van der Waals surface area contributed by atoms with Gasteiger partial charge in [0.05, 0.1) is 22.2 Å². The minimum atomic E-state index is -0.0984. The number of hydrogen-bond donors (Lipinski definition) is 1. The fourth-order valence-corrected chi connectivity index (χ4v) is 2.75. The summed E-state index contributed by atoms with van der Waals surface area (Å²) >= 11 is 11.8. The van der Waals surface area contributed by atoms with Gasteiger partial charge in [-0.05, 0) is 38.0 Å². The van der Waals surface area contributed by atoms with E-state index in [9.17, 15) is 4.79 Å². The molecule has 0 atom stereocenters. The average molecular weight is 354 g/mol. The number of hydrogen-bond acceptors (Lipinski definition) is 2. The second-order valence-electron chi connectivity index (χ2n) is 6.08. The number of aryl methyl sites for hydroxylation is 1. The van der Waals surface area contributed by atoms with Gasteiger partial charge in [0.1, 0.15) is 0 Å². The largest absolute Gasteiger partial charge is 0.326 e. The Bertz CT molecular complexity index is 723. The van der Waals surface area contributed by atoms with E-state index in [1.807, 2.05) is 18.5 Å². The van der Waals surface area contributed by atoms with Crippen molar-refractivity contribution in [3.8, 4) is 0 Å². The first-order valence-electron chi connectivity index (χ1n) is 7.55. The average Bonchev–Trinajstić information content (AvgIpc) is 2.70. The SMILES string of the molecule is Cc1nn(CC(C)C)c(C)c1CC(=O)Nc1ccc(Cl)c(Cl)c1. The Balaban J connectivity index is 2.11. The van der Waals surface area contributed by atoms with Gasteiger partial charge in [0.15, 0.2) is 0 Å². The Labute approximate surface area is 146 Å². The van der Waals surface area contributed by atoms with Crippen LogP contribution in [-0.4, -0.2) is 15.7 Å². The normalized spacial score (nSPS) is 11.1. The molecule has 1 aromatic carbocycles. The fourth-order valence-electron chi connectivity index (χ4n) is 2.45. The van der Waals surface area contributed by atoms with E-state index < -0.39 is 0 Å². The van der Waals surface area contributed by atoms with Gasteiger partial charge in [-0.25, -0.2) is 0 Å². The number of aromatic nitrogens is 2. The monoisotopic (exact) mass is 353 g/mol. The molecule has 0 aliphatic rings. The van der Waals surface area contributed by atoms with Crippen LogP contribution in [0.1, 0.15) is 30.8 Å². The van der Waals surface area contributed by atoms with E-state index >= 15 is 0 Å². The van der Waals surface area contributed by atoms with Crippen LogP contribution in [0.4, 0.5) is 5.69 Å². The van der Waals surface area contributed by atoms with Gasteiger partial charge in [-0.15, -0.1) is 0 Å². The molecule has 1 N–H and O–H groups in total. The van der Waals surface area contributed by atoms with E-state index in [0.717, 1.165) is 23.5 Å². The van der Waals surface area contributed by atoms with Crippen LogP contribution in [0.3, 0.4) is 0 Å². The number of rotatable bonds is 5. The molecule has 4 nitrogen and oxygen atoms in total. The number of halogens is 2. The molecular formula is C17H21Cl2N3O. The summed E-state index contributed by atoms with van der Waals surface area (Å²) in [5.74, 6) is 0.407. The number of nitrogens with zero attached hydrogens (tertiary/aromatic N) is 2. The molecule has 2 rings (SSSR count). The Morgan fingerprint density at radius 2 is 1.96 bits per heavy atom. The molecule has 0 saturated heterocycles. The van der Waals surface area contributed by atoms with E-state index in [0.29, 0.717) is 21.7 Å². The number of amides is 1. The highest BCUT2D eigenvalue weighted by Gasteiger charge is 2.16. The van der Waals surface area contributed by atoms with Crippen molar-refractivity contribution >= 4 is 34.8 Å². The van der Waals surface area contributed by atoms with E-state index in [4.69, 9.17) is 23.2 Å². The molecule has 0 saturated carbocycles. The number of benzene rings is 1. The third-order valence-corrected chi connectivity index (χ3v) is 4.35. The van der Waals surface area contributed by atoms with Crippen LogP contribution < -0.4 is 5.32 Å². The molecule has 0 aliphatic heterocycles.